The molecule has 2 aliphatic heterocycles. The largest absolute Gasteiger partial charge is 0.491 e. The van der Waals surface area contributed by atoms with E-state index < -0.39 is 5.54 Å². The number of nitrogens with zero attached hydrogens (tertiary/aromatic N) is 2. The molecule has 1 N–H and O–H groups in total. The summed E-state index contributed by atoms with van der Waals surface area (Å²) in [5.41, 5.74) is 3.07. The predicted molar refractivity (Wildman–Crippen MR) is 121 cm³/mol. The van der Waals surface area contributed by atoms with E-state index in [-0.39, 0.29) is 18.0 Å². The van der Waals surface area contributed by atoms with Crippen molar-refractivity contribution >= 4 is 22.8 Å². The van der Waals surface area contributed by atoms with Gasteiger partial charge in [-0.2, -0.15) is 0 Å². The van der Waals surface area contributed by atoms with E-state index in [9.17, 15) is 9.59 Å². The number of hydrogen-bond donors (Lipinski definition) is 1. The van der Waals surface area contributed by atoms with Gasteiger partial charge in [0.25, 0.3) is 5.91 Å². The van der Waals surface area contributed by atoms with Crippen LogP contribution in [0.1, 0.15) is 36.2 Å². The molecule has 0 saturated carbocycles. The maximum absolute atomic E-state index is 13.4. The summed E-state index contributed by atoms with van der Waals surface area (Å²) in [6.45, 7) is 2.96. The van der Waals surface area contributed by atoms with Gasteiger partial charge in [0.05, 0.1) is 6.61 Å². The van der Waals surface area contributed by atoms with Crippen molar-refractivity contribution in [3.8, 4) is 5.75 Å². The van der Waals surface area contributed by atoms with Crippen LogP contribution in [0.3, 0.4) is 0 Å². The van der Waals surface area contributed by atoms with E-state index in [2.05, 4.69) is 4.98 Å². The summed E-state index contributed by atoms with van der Waals surface area (Å²) in [7, 11) is 3.22. The van der Waals surface area contributed by atoms with Crippen molar-refractivity contribution < 1.29 is 19.1 Å². The third-order valence-electron chi connectivity index (χ3n) is 6.82. The average molecular weight is 434 g/mol. The third-order valence-corrected chi connectivity index (χ3v) is 6.82. The number of ether oxygens (including phenoxy) is 2. The van der Waals surface area contributed by atoms with Gasteiger partial charge >= 0.3 is 6.03 Å². The molecule has 2 aromatic carbocycles. The molecule has 32 heavy (non-hydrogen) atoms. The smallest absolute Gasteiger partial charge is 0.328 e. The van der Waals surface area contributed by atoms with Gasteiger partial charge in [0.2, 0.25) is 0 Å². The molecule has 3 amide bonds. The molecule has 1 aromatic heterocycles. The number of fused-ring (bicyclic) bond motifs is 4. The molecule has 3 heterocycles. The van der Waals surface area contributed by atoms with Crippen LogP contribution in [-0.2, 0) is 16.0 Å². The molecule has 1 saturated heterocycles. The lowest BCUT2D eigenvalue weighted by Crippen LogP contribution is -2.55. The SMILES string of the molecule is CCC12Cc3c([nH]c4ccc(OCCOC)cc34)C(c3ccccc3)N1C(=O)N(C)C2=O. The summed E-state index contributed by atoms with van der Waals surface area (Å²) in [6.07, 6.45) is 1.01. The van der Waals surface area contributed by atoms with E-state index in [1.54, 1.807) is 19.1 Å². The van der Waals surface area contributed by atoms with Gasteiger partial charge in [0.1, 0.15) is 23.9 Å². The lowest BCUT2D eigenvalue weighted by atomic mass is 9.78. The zero-order valence-corrected chi connectivity index (χ0v) is 18.6. The molecule has 5 rings (SSSR count). The van der Waals surface area contributed by atoms with Crippen molar-refractivity contribution in [3.63, 3.8) is 0 Å². The lowest BCUT2D eigenvalue weighted by molar-refractivity contribution is -0.133. The second kappa shape index (κ2) is 7.67. The fraction of sp³-hybridized carbons (Fsp3) is 0.360. The molecule has 7 heteroatoms. The number of aromatic amines is 1. The maximum Gasteiger partial charge on any atom is 0.328 e. The number of nitrogens with one attached hydrogen (secondary N) is 1. The first-order valence-electron chi connectivity index (χ1n) is 10.9. The average Bonchev–Trinajstić information content (AvgIpc) is 3.27. The van der Waals surface area contributed by atoms with E-state index in [4.69, 9.17) is 9.47 Å². The predicted octanol–water partition coefficient (Wildman–Crippen LogP) is 3.88. The van der Waals surface area contributed by atoms with Gasteiger partial charge in [-0.15, -0.1) is 0 Å². The first kappa shape index (κ1) is 20.6. The van der Waals surface area contributed by atoms with Crippen molar-refractivity contribution in [2.45, 2.75) is 31.3 Å². The van der Waals surface area contributed by atoms with E-state index in [1.807, 2.05) is 55.5 Å². The van der Waals surface area contributed by atoms with E-state index >= 15 is 0 Å². The number of carbonyl (C=O) groups is 2. The van der Waals surface area contributed by atoms with Crippen LogP contribution in [0.15, 0.2) is 48.5 Å². The first-order chi connectivity index (χ1) is 15.5. The summed E-state index contributed by atoms with van der Waals surface area (Å²) >= 11 is 0. The Bertz CT molecular complexity index is 1190. The van der Waals surface area contributed by atoms with Crippen LogP contribution in [-0.4, -0.2) is 59.6 Å². The highest BCUT2D eigenvalue weighted by Gasteiger charge is 2.60. The number of urea groups is 1. The topological polar surface area (TPSA) is 74.9 Å². The number of imide groups is 1. The normalized spacial score (nSPS) is 22.4. The molecule has 166 valence electrons. The molecular weight excluding hydrogens is 406 g/mol. The summed E-state index contributed by atoms with van der Waals surface area (Å²) in [5.74, 6) is 0.616. The van der Waals surface area contributed by atoms with Gasteiger partial charge in [-0.3, -0.25) is 14.6 Å². The number of hydrogen-bond acceptors (Lipinski definition) is 4. The van der Waals surface area contributed by atoms with Crippen LogP contribution in [0.5, 0.6) is 5.75 Å². The fourth-order valence-corrected chi connectivity index (χ4v) is 5.19. The van der Waals surface area contributed by atoms with Crippen molar-refractivity contribution in [1.29, 1.82) is 0 Å². The zero-order valence-electron chi connectivity index (χ0n) is 18.6. The van der Waals surface area contributed by atoms with Crippen LogP contribution < -0.4 is 4.74 Å². The summed E-state index contributed by atoms with van der Waals surface area (Å²) in [4.78, 5) is 33.3. The number of aromatic nitrogens is 1. The second-order valence-corrected chi connectivity index (χ2v) is 8.46. The van der Waals surface area contributed by atoms with Crippen molar-refractivity contribution in [2.24, 2.45) is 0 Å². The standard InChI is InChI=1S/C25H27N3O4/c1-4-25-15-19-18-14-17(32-13-12-31-3)10-11-20(18)26-21(19)22(16-8-6-5-7-9-16)28(25)24(30)27(2)23(25)29/h5-11,14,22,26H,4,12-13,15H2,1-3H3. The van der Waals surface area contributed by atoms with Gasteiger partial charge in [0.15, 0.2) is 0 Å². The van der Waals surface area contributed by atoms with Crippen LogP contribution in [0.2, 0.25) is 0 Å². The number of likely N-dealkylation sites (N-methyl/N-ethyl adjacent to an activating group) is 1. The maximum atomic E-state index is 13.4. The molecule has 2 atom stereocenters. The highest BCUT2D eigenvalue weighted by Crippen LogP contribution is 2.50. The summed E-state index contributed by atoms with van der Waals surface area (Å²) < 4.78 is 10.9. The summed E-state index contributed by atoms with van der Waals surface area (Å²) in [6, 6.07) is 15.2. The zero-order chi connectivity index (χ0) is 22.5. The Labute approximate surface area is 186 Å². The Balaban J connectivity index is 1.71. The summed E-state index contributed by atoms with van der Waals surface area (Å²) in [5, 5.41) is 1.03. The van der Waals surface area contributed by atoms with Crippen LogP contribution in [0.25, 0.3) is 10.9 Å². The first-order valence-corrected chi connectivity index (χ1v) is 10.9. The van der Waals surface area contributed by atoms with Gasteiger partial charge < -0.3 is 14.5 Å². The highest BCUT2D eigenvalue weighted by atomic mass is 16.5. The van der Waals surface area contributed by atoms with Gasteiger partial charge in [0, 0.05) is 37.2 Å². The molecule has 0 aliphatic carbocycles. The Hall–Kier alpha value is -3.32. The number of amides is 3. The number of carbonyl (C=O) groups excluding carboxylic acids is 2. The molecule has 2 aliphatic rings. The minimum absolute atomic E-state index is 0.140. The van der Waals surface area contributed by atoms with Gasteiger partial charge in [-0.25, -0.2) is 4.79 Å². The Morgan fingerprint density at radius 1 is 1.12 bits per heavy atom. The molecule has 0 radical (unpaired) electrons. The highest BCUT2D eigenvalue weighted by molar-refractivity contribution is 6.08. The second-order valence-electron chi connectivity index (χ2n) is 8.46. The van der Waals surface area contributed by atoms with Crippen LogP contribution in [0.4, 0.5) is 4.79 Å². The Kier molecular flexibility index (Phi) is 4.93. The van der Waals surface area contributed by atoms with E-state index in [0.717, 1.165) is 33.5 Å². The quantitative estimate of drug-likeness (QED) is 0.473. The Morgan fingerprint density at radius 2 is 1.91 bits per heavy atom. The van der Waals surface area contributed by atoms with Crippen molar-refractivity contribution in [3.05, 3.63) is 65.4 Å². The molecule has 2 unspecified atom stereocenters. The monoisotopic (exact) mass is 433 g/mol. The molecule has 1 fully saturated rings. The molecular formula is C25H27N3O4. The minimum atomic E-state index is -0.901. The van der Waals surface area contributed by atoms with Crippen molar-refractivity contribution in [1.82, 2.24) is 14.8 Å². The molecule has 3 aromatic rings. The molecule has 7 nitrogen and oxygen atoms in total. The number of rotatable bonds is 6. The third kappa shape index (κ3) is 2.84. The number of H-pyrrole nitrogens is 1. The van der Waals surface area contributed by atoms with E-state index in [1.165, 1.54) is 4.90 Å². The molecule has 0 spiro atoms. The Morgan fingerprint density at radius 3 is 2.62 bits per heavy atom. The number of benzene rings is 2. The lowest BCUT2D eigenvalue weighted by Gasteiger charge is -2.44. The van der Waals surface area contributed by atoms with E-state index in [0.29, 0.717) is 26.1 Å². The van der Waals surface area contributed by atoms with Gasteiger partial charge in [-0.1, -0.05) is 37.3 Å². The molecule has 0 bridgehead atoms. The number of methoxy groups -OCH3 is 1. The van der Waals surface area contributed by atoms with Gasteiger partial charge in [-0.05, 0) is 35.7 Å². The van der Waals surface area contributed by atoms with Crippen LogP contribution in [0, 0.1) is 0 Å². The fourth-order valence-electron chi connectivity index (χ4n) is 5.19. The minimum Gasteiger partial charge on any atom is -0.491 e. The van der Waals surface area contributed by atoms with Crippen molar-refractivity contribution in [2.75, 3.05) is 27.4 Å². The van der Waals surface area contributed by atoms with Crippen LogP contribution >= 0.6 is 0 Å².